The number of nitrogens with one attached hydrogen (secondary N) is 1. The molecule has 0 bridgehead atoms. The van der Waals surface area contributed by atoms with E-state index in [1.54, 1.807) is 18.7 Å². The van der Waals surface area contributed by atoms with Crippen molar-refractivity contribution in [1.82, 2.24) is 10.2 Å². The number of aliphatic hydroxyl groups is 1. The predicted molar refractivity (Wildman–Crippen MR) is 73.2 cm³/mol. The number of nitrogens with two attached hydrogens (primary N) is 1. The van der Waals surface area contributed by atoms with E-state index in [0.717, 1.165) is 5.75 Å². The number of likely N-dealkylation sites (N-methyl/N-ethyl adjacent to an activating group) is 1. The average molecular weight is 263 g/mol. The van der Waals surface area contributed by atoms with E-state index >= 15 is 0 Å². The van der Waals surface area contributed by atoms with Crippen molar-refractivity contribution in [1.29, 1.82) is 0 Å². The molecule has 0 saturated heterocycles. The molecule has 102 valence electrons. The topological polar surface area (TPSA) is 78.6 Å². The smallest absolute Gasteiger partial charge is 0.237 e. The van der Waals surface area contributed by atoms with Gasteiger partial charge in [-0.05, 0) is 39.4 Å². The molecule has 0 heterocycles. The van der Waals surface area contributed by atoms with Crippen molar-refractivity contribution >= 4 is 17.7 Å². The quantitative estimate of drug-likeness (QED) is 0.550. The molecule has 0 aromatic rings. The fourth-order valence-electron chi connectivity index (χ4n) is 1.52. The van der Waals surface area contributed by atoms with E-state index in [9.17, 15) is 9.90 Å². The lowest BCUT2D eigenvalue weighted by atomic mass is 10.1. The van der Waals surface area contributed by atoms with E-state index in [1.165, 1.54) is 0 Å². The normalized spacial score (nSPS) is 16.6. The van der Waals surface area contributed by atoms with Crippen LogP contribution in [0.15, 0.2) is 0 Å². The molecule has 0 fully saturated rings. The lowest BCUT2D eigenvalue weighted by molar-refractivity contribution is -0.123. The molecule has 1 unspecified atom stereocenters. The molecular weight excluding hydrogens is 238 g/mol. The molecule has 2 atom stereocenters. The summed E-state index contributed by atoms with van der Waals surface area (Å²) in [6.45, 7) is 2.41. The lowest BCUT2D eigenvalue weighted by Gasteiger charge is -2.27. The van der Waals surface area contributed by atoms with E-state index in [4.69, 9.17) is 5.73 Å². The summed E-state index contributed by atoms with van der Waals surface area (Å²) < 4.78 is 0. The van der Waals surface area contributed by atoms with Gasteiger partial charge in [-0.15, -0.1) is 0 Å². The summed E-state index contributed by atoms with van der Waals surface area (Å²) in [4.78, 5) is 13.5. The minimum Gasteiger partial charge on any atom is -0.387 e. The second-order valence-corrected chi connectivity index (χ2v) is 5.83. The van der Waals surface area contributed by atoms with E-state index in [2.05, 4.69) is 5.32 Å². The third kappa shape index (κ3) is 8.43. The van der Waals surface area contributed by atoms with Gasteiger partial charge in [-0.1, -0.05) is 0 Å². The number of rotatable bonds is 8. The maximum absolute atomic E-state index is 11.6. The van der Waals surface area contributed by atoms with Crippen LogP contribution in [0.3, 0.4) is 0 Å². The number of nitrogens with zero attached hydrogens (tertiary/aromatic N) is 1. The fourth-order valence-corrected chi connectivity index (χ4v) is 2.01. The number of carbonyl (C=O) groups is 1. The first-order valence-corrected chi connectivity index (χ1v) is 7.07. The lowest BCUT2D eigenvalue weighted by Crippen LogP contribution is -2.50. The first kappa shape index (κ1) is 16.7. The van der Waals surface area contributed by atoms with E-state index in [-0.39, 0.29) is 12.5 Å². The highest BCUT2D eigenvalue weighted by Crippen LogP contribution is 2.03. The number of thioether (sulfide) groups is 1. The molecule has 0 rings (SSSR count). The van der Waals surface area contributed by atoms with Crippen molar-refractivity contribution in [3.63, 3.8) is 0 Å². The molecule has 0 radical (unpaired) electrons. The first-order chi connectivity index (χ1) is 7.78. The van der Waals surface area contributed by atoms with Gasteiger partial charge in [0.2, 0.25) is 5.91 Å². The highest BCUT2D eigenvalue weighted by Gasteiger charge is 2.23. The van der Waals surface area contributed by atoms with Gasteiger partial charge in [-0.25, -0.2) is 0 Å². The second-order valence-electron chi connectivity index (χ2n) is 4.84. The first-order valence-electron chi connectivity index (χ1n) is 5.68. The van der Waals surface area contributed by atoms with Gasteiger partial charge >= 0.3 is 0 Å². The third-order valence-corrected chi connectivity index (χ3v) is 2.91. The van der Waals surface area contributed by atoms with Crippen molar-refractivity contribution in [3.05, 3.63) is 0 Å². The Bertz CT molecular complexity index is 235. The van der Waals surface area contributed by atoms with Crippen molar-refractivity contribution in [2.75, 3.05) is 39.2 Å². The Balaban J connectivity index is 3.97. The summed E-state index contributed by atoms with van der Waals surface area (Å²) in [5, 5.41) is 12.7. The minimum absolute atomic E-state index is 0.196. The van der Waals surface area contributed by atoms with Gasteiger partial charge in [0.1, 0.15) is 0 Å². The van der Waals surface area contributed by atoms with Crippen LogP contribution in [0.4, 0.5) is 0 Å². The van der Waals surface area contributed by atoms with Gasteiger partial charge in [0.15, 0.2) is 0 Å². The molecule has 4 N–H and O–H groups in total. The maximum atomic E-state index is 11.6. The molecule has 0 aliphatic carbocycles. The van der Waals surface area contributed by atoms with E-state index in [1.807, 2.05) is 25.3 Å². The minimum atomic E-state index is -0.932. The van der Waals surface area contributed by atoms with Crippen LogP contribution in [0.5, 0.6) is 0 Å². The van der Waals surface area contributed by atoms with Crippen LogP contribution >= 0.6 is 11.8 Å². The van der Waals surface area contributed by atoms with Crippen molar-refractivity contribution in [2.45, 2.75) is 25.0 Å². The summed E-state index contributed by atoms with van der Waals surface area (Å²) in [5.41, 5.74) is 4.78. The van der Waals surface area contributed by atoms with Gasteiger partial charge < -0.3 is 21.1 Å². The Kier molecular flexibility index (Phi) is 7.78. The number of amides is 1. The Morgan fingerprint density at radius 2 is 2.18 bits per heavy atom. The van der Waals surface area contributed by atoms with E-state index in [0.29, 0.717) is 13.0 Å². The third-order valence-electron chi connectivity index (χ3n) is 2.27. The van der Waals surface area contributed by atoms with Gasteiger partial charge in [-0.2, -0.15) is 11.8 Å². The SMILES string of the molecule is CSCC[C@@H](N)C(=O)NCC(C)(O)CN(C)C. The summed E-state index contributed by atoms with van der Waals surface area (Å²) in [6.07, 6.45) is 2.63. The molecule has 17 heavy (non-hydrogen) atoms. The molecule has 0 aliphatic heterocycles. The molecule has 0 saturated carbocycles. The van der Waals surface area contributed by atoms with Gasteiger partial charge in [0.05, 0.1) is 11.6 Å². The Morgan fingerprint density at radius 1 is 1.59 bits per heavy atom. The van der Waals surface area contributed by atoms with Crippen LogP contribution in [0, 0.1) is 0 Å². The van der Waals surface area contributed by atoms with Crippen LogP contribution in [0.2, 0.25) is 0 Å². The van der Waals surface area contributed by atoms with Gasteiger partial charge in [-0.3, -0.25) is 4.79 Å². The zero-order valence-corrected chi connectivity index (χ0v) is 12.0. The van der Waals surface area contributed by atoms with Crippen molar-refractivity contribution in [2.24, 2.45) is 5.73 Å². The van der Waals surface area contributed by atoms with Crippen molar-refractivity contribution in [3.8, 4) is 0 Å². The molecule has 6 heteroatoms. The number of hydrogen-bond donors (Lipinski definition) is 3. The van der Waals surface area contributed by atoms with E-state index < -0.39 is 11.6 Å². The predicted octanol–water partition coefficient (Wildman–Crippen LogP) is -0.504. The van der Waals surface area contributed by atoms with Crippen LogP contribution < -0.4 is 11.1 Å². The summed E-state index contributed by atoms with van der Waals surface area (Å²) >= 11 is 1.66. The van der Waals surface area contributed by atoms with Gasteiger partial charge in [0.25, 0.3) is 0 Å². The monoisotopic (exact) mass is 263 g/mol. The zero-order valence-electron chi connectivity index (χ0n) is 11.2. The summed E-state index contributed by atoms with van der Waals surface area (Å²) in [5.74, 6) is 0.668. The van der Waals surface area contributed by atoms with Crippen LogP contribution in [0.1, 0.15) is 13.3 Å². The Hall–Kier alpha value is -0.300. The summed E-state index contributed by atoms with van der Waals surface area (Å²) in [7, 11) is 3.75. The van der Waals surface area contributed by atoms with Gasteiger partial charge in [0, 0.05) is 13.1 Å². The van der Waals surface area contributed by atoms with Crippen LogP contribution in [-0.4, -0.2) is 66.7 Å². The molecule has 5 nitrogen and oxygen atoms in total. The Morgan fingerprint density at radius 3 is 2.65 bits per heavy atom. The molecule has 0 spiro atoms. The fraction of sp³-hybridized carbons (Fsp3) is 0.909. The molecular formula is C11H25N3O2S. The van der Waals surface area contributed by atoms with Crippen molar-refractivity contribution < 1.29 is 9.90 Å². The van der Waals surface area contributed by atoms with Crippen LogP contribution in [0.25, 0.3) is 0 Å². The molecule has 0 aliphatic rings. The molecule has 0 aromatic heterocycles. The maximum Gasteiger partial charge on any atom is 0.237 e. The highest BCUT2D eigenvalue weighted by atomic mass is 32.2. The standard InChI is InChI=1S/C11H25N3O2S/c1-11(16,8-14(2)3)7-13-10(15)9(12)5-6-17-4/h9,16H,5-8,12H2,1-4H3,(H,13,15)/t9-,11?/m1/s1. The van der Waals surface area contributed by atoms with Crippen LogP contribution in [-0.2, 0) is 4.79 Å². The highest BCUT2D eigenvalue weighted by molar-refractivity contribution is 7.98. The number of carbonyl (C=O) groups excluding carboxylic acids is 1. The zero-order chi connectivity index (χ0) is 13.5. The number of hydrogen-bond acceptors (Lipinski definition) is 5. The Labute approximate surface area is 108 Å². The summed E-state index contributed by atoms with van der Waals surface area (Å²) in [6, 6.07) is -0.488. The molecule has 1 amide bonds. The average Bonchev–Trinajstić information content (AvgIpc) is 2.20. The molecule has 0 aromatic carbocycles. The second kappa shape index (κ2) is 7.92. The largest absolute Gasteiger partial charge is 0.387 e.